The summed E-state index contributed by atoms with van der Waals surface area (Å²) in [6.45, 7) is 1.47. The molecule has 0 aliphatic heterocycles. The van der Waals surface area contributed by atoms with Gasteiger partial charge in [-0.3, -0.25) is 9.48 Å². The summed E-state index contributed by atoms with van der Waals surface area (Å²) >= 11 is 2.87. The van der Waals surface area contributed by atoms with Gasteiger partial charge < -0.3 is 10.1 Å². The number of aromatic nitrogens is 3. The molecule has 4 rings (SSSR count). The van der Waals surface area contributed by atoms with Gasteiger partial charge in [0.1, 0.15) is 15.7 Å². The Hall–Kier alpha value is -3.04. The van der Waals surface area contributed by atoms with Crippen LogP contribution in [0.25, 0.3) is 20.1 Å². The number of thiazole rings is 1. The van der Waals surface area contributed by atoms with E-state index < -0.39 is 11.9 Å². The number of fused-ring (bicyclic) bond motifs is 1. The van der Waals surface area contributed by atoms with Gasteiger partial charge in [0.15, 0.2) is 6.61 Å². The molecule has 0 aliphatic carbocycles. The Morgan fingerprint density at radius 2 is 2.00 bits per heavy atom. The molecule has 0 saturated carbocycles. The standard InChI is InChI=1S/C19H16N4O3S2/c1-11-9-16(23(2)22-11)21-17(24)10-26-19(25)15-8-7-14(27-15)18-20-12-5-3-4-6-13(12)28-18/h3-9H,10H2,1-2H3,(H,21,24). The first-order chi connectivity index (χ1) is 13.5. The molecule has 0 saturated heterocycles. The molecule has 1 aromatic carbocycles. The van der Waals surface area contributed by atoms with Crippen molar-refractivity contribution >= 4 is 50.6 Å². The number of hydrogen-bond donors (Lipinski definition) is 1. The lowest BCUT2D eigenvalue weighted by molar-refractivity contribution is -0.119. The molecule has 0 fully saturated rings. The van der Waals surface area contributed by atoms with Gasteiger partial charge in [0, 0.05) is 13.1 Å². The van der Waals surface area contributed by atoms with E-state index in [0.717, 1.165) is 25.8 Å². The summed E-state index contributed by atoms with van der Waals surface area (Å²) < 4.78 is 7.78. The molecule has 0 aliphatic rings. The lowest BCUT2D eigenvalue weighted by atomic mass is 10.3. The smallest absolute Gasteiger partial charge is 0.348 e. The van der Waals surface area contributed by atoms with Crippen LogP contribution in [-0.2, 0) is 16.6 Å². The van der Waals surface area contributed by atoms with Gasteiger partial charge in [-0.15, -0.1) is 22.7 Å². The second kappa shape index (κ2) is 7.53. The summed E-state index contributed by atoms with van der Waals surface area (Å²) in [5.41, 5.74) is 1.72. The minimum Gasteiger partial charge on any atom is -0.451 e. The Morgan fingerprint density at radius 1 is 1.18 bits per heavy atom. The highest BCUT2D eigenvalue weighted by atomic mass is 32.1. The number of benzene rings is 1. The largest absolute Gasteiger partial charge is 0.451 e. The quantitative estimate of drug-likeness (QED) is 0.503. The second-order valence-electron chi connectivity index (χ2n) is 6.07. The summed E-state index contributed by atoms with van der Waals surface area (Å²) in [5, 5.41) is 7.66. The molecule has 3 aromatic heterocycles. The number of thiophene rings is 1. The van der Waals surface area contributed by atoms with Crippen molar-refractivity contribution in [3.63, 3.8) is 0 Å². The molecule has 0 radical (unpaired) electrons. The van der Waals surface area contributed by atoms with Gasteiger partial charge in [-0.25, -0.2) is 9.78 Å². The molecule has 3 heterocycles. The highest BCUT2D eigenvalue weighted by Crippen LogP contribution is 2.34. The Bertz CT molecular complexity index is 1140. The maximum Gasteiger partial charge on any atom is 0.348 e. The van der Waals surface area contributed by atoms with E-state index in [-0.39, 0.29) is 6.61 Å². The van der Waals surface area contributed by atoms with Crippen LogP contribution in [-0.4, -0.2) is 33.2 Å². The van der Waals surface area contributed by atoms with Crippen LogP contribution in [0.2, 0.25) is 0 Å². The van der Waals surface area contributed by atoms with E-state index in [1.54, 1.807) is 35.2 Å². The van der Waals surface area contributed by atoms with Gasteiger partial charge in [-0.2, -0.15) is 5.10 Å². The topological polar surface area (TPSA) is 86.1 Å². The number of aryl methyl sites for hydroxylation is 2. The lowest BCUT2D eigenvalue weighted by Crippen LogP contribution is -2.21. The number of carbonyl (C=O) groups excluding carboxylic acids is 2. The number of hydrogen-bond acceptors (Lipinski definition) is 7. The SMILES string of the molecule is Cc1cc(NC(=O)COC(=O)c2ccc(-c3nc4ccccc4s3)s2)n(C)n1. The number of amides is 1. The molecule has 0 unspecified atom stereocenters. The van der Waals surface area contributed by atoms with Crippen LogP contribution in [0.15, 0.2) is 42.5 Å². The fourth-order valence-corrected chi connectivity index (χ4v) is 4.57. The van der Waals surface area contributed by atoms with Gasteiger partial charge in [0.25, 0.3) is 5.91 Å². The maximum atomic E-state index is 12.3. The molecule has 9 heteroatoms. The number of esters is 1. The minimum absolute atomic E-state index is 0.364. The molecule has 0 bridgehead atoms. The van der Waals surface area contributed by atoms with E-state index in [1.165, 1.54) is 11.3 Å². The normalized spacial score (nSPS) is 10.9. The summed E-state index contributed by atoms with van der Waals surface area (Å²) in [4.78, 5) is 30.2. The highest BCUT2D eigenvalue weighted by Gasteiger charge is 2.16. The number of nitrogens with zero attached hydrogens (tertiary/aromatic N) is 3. The molecule has 0 atom stereocenters. The van der Waals surface area contributed by atoms with Crippen LogP contribution in [0.1, 0.15) is 15.4 Å². The van der Waals surface area contributed by atoms with Crippen LogP contribution in [0.4, 0.5) is 5.82 Å². The van der Waals surface area contributed by atoms with E-state index in [1.807, 2.05) is 37.3 Å². The number of rotatable bonds is 5. The fraction of sp³-hybridized carbons (Fsp3) is 0.158. The maximum absolute atomic E-state index is 12.3. The first-order valence-corrected chi connectivity index (χ1v) is 10.1. The zero-order valence-corrected chi connectivity index (χ0v) is 16.8. The predicted molar refractivity (Wildman–Crippen MR) is 110 cm³/mol. The van der Waals surface area contributed by atoms with E-state index in [0.29, 0.717) is 10.7 Å². The van der Waals surface area contributed by atoms with Crippen LogP contribution in [0, 0.1) is 6.92 Å². The minimum atomic E-state index is -0.534. The third-order valence-corrected chi connectivity index (χ3v) is 6.19. The molecule has 0 spiro atoms. The first kappa shape index (κ1) is 18.3. The number of para-hydroxylation sites is 1. The van der Waals surface area contributed by atoms with Crippen LogP contribution >= 0.6 is 22.7 Å². The van der Waals surface area contributed by atoms with Crippen molar-refractivity contribution in [1.29, 1.82) is 0 Å². The van der Waals surface area contributed by atoms with Crippen molar-refractivity contribution in [2.24, 2.45) is 7.05 Å². The van der Waals surface area contributed by atoms with Crippen molar-refractivity contribution in [3.05, 3.63) is 53.0 Å². The molecule has 142 valence electrons. The summed E-state index contributed by atoms with van der Waals surface area (Å²) in [6, 6.07) is 13.2. The third-order valence-electron chi connectivity index (χ3n) is 3.92. The van der Waals surface area contributed by atoms with Crippen molar-refractivity contribution in [3.8, 4) is 9.88 Å². The van der Waals surface area contributed by atoms with Gasteiger partial charge in [-0.1, -0.05) is 12.1 Å². The number of anilines is 1. The van der Waals surface area contributed by atoms with Crippen LogP contribution in [0.5, 0.6) is 0 Å². The van der Waals surface area contributed by atoms with Gasteiger partial charge in [0.05, 0.1) is 20.8 Å². The fourth-order valence-electron chi connectivity index (χ4n) is 2.65. The second-order valence-corrected chi connectivity index (χ2v) is 8.18. The van der Waals surface area contributed by atoms with E-state index in [2.05, 4.69) is 15.4 Å². The number of nitrogens with one attached hydrogen (secondary N) is 1. The average Bonchev–Trinajstić information content (AvgIpc) is 3.38. The van der Waals surface area contributed by atoms with Crippen molar-refractivity contribution in [2.45, 2.75) is 6.92 Å². The molecule has 1 amide bonds. The third kappa shape index (κ3) is 3.80. The van der Waals surface area contributed by atoms with Gasteiger partial charge in [-0.05, 0) is 31.2 Å². The lowest BCUT2D eigenvalue weighted by Gasteiger charge is -2.05. The Morgan fingerprint density at radius 3 is 2.75 bits per heavy atom. The average molecular weight is 412 g/mol. The molecular weight excluding hydrogens is 396 g/mol. The van der Waals surface area contributed by atoms with Gasteiger partial charge >= 0.3 is 5.97 Å². The summed E-state index contributed by atoms with van der Waals surface area (Å²) in [5.74, 6) is -0.402. The first-order valence-electron chi connectivity index (χ1n) is 8.43. The van der Waals surface area contributed by atoms with Gasteiger partial charge in [0.2, 0.25) is 0 Å². The van der Waals surface area contributed by atoms with Crippen LogP contribution < -0.4 is 5.32 Å². The molecule has 4 aromatic rings. The number of carbonyl (C=O) groups is 2. The van der Waals surface area contributed by atoms with Crippen molar-refractivity contribution < 1.29 is 14.3 Å². The van der Waals surface area contributed by atoms with Crippen molar-refractivity contribution in [1.82, 2.24) is 14.8 Å². The summed E-state index contributed by atoms with van der Waals surface area (Å²) in [7, 11) is 1.73. The molecular formula is C19H16N4O3S2. The number of ether oxygens (including phenoxy) is 1. The van der Waals surface area contributed by atoms with Crippen LogP contribution in [0.3, 0.4) is 0 Å². The molecule has 28 heavy (non-hydrogen) atoms. The summed E-state index contributed by atoms with van der Waals surface area (Å²) in [6.07, 6.45) is 0. The predicted octanol–water partition coefficient (Wildman–Crippen LogP) is 3.86. The van der Waals surface area contributed by atoms with E-state index in [9.17, 15) is 9.59 Å². The highest BCUT2D eigenvalue weighted by molar-refractivity contribution is 7.26. The Kier molecular flexibility index (Phi) is 4.93. The monoisotopic (exact) mass is 412 g/mol. The Labute approximate surface area is 168 Å². The van der Waals surface area contributed by atoms with E-state index >= 15 is 0 Å². The zero-order valence-electron chi connectivity index (χ0n) is 15.1. The zero-order chi connectivity index (χ0) is 19.7. The molecule has 1 N–H and O–H groups in total. The Balaban J connectivity index is 1.39. The van der Waals surface area contributed by atoms with Crippen molar-refractivity contribution in [2.75, 3.05) is 11.9 Å². The van der Waals surface area contributed by atoms with E-state index in [4.69, 9.17) is 4.74 Å². The molecule has 7 nitrogen and oxygen atoms in total.